The minimum Gasteiger partial charge on any atom is -0.657 e. The van der Waals surface area contributed by atoms with Gasteiger partial charge in [-0.15, -0.1) is 11.4 Å². The molecule has 35 heavy (non-hydrogen) atoms. The van der Waals surface area contributed by atoms with Crippen molar-refractivity contribution in [3.8, 4) is 0 Å². The Morgan fingerprint density at radius 2 is 0.943 bits per heavy atom. The fraction of sp³-hybridized carbons (Fsp3) is 0.129. The van der Waals surface area contributed by atoms with Gasteiger partial charge in [0, 0.05) is 24.3 Å². The first kappa shape index (κ1) is 26.2. The first-order valence-corrected chi connectivity index (χ1v) is 11.5. The summed E-state index contributed by atoms with van der Waals surface area (Å²) in [4.78, 5) is 0. The summed E-state index contributed by atoms with van der Waals surface area (Å²) in [5.74, 6) is 0. The molecule has 0 aliphatic carbocycles. The van der Waals surface area contributed by atoms with Gasteiger partial charge in [0.1, 0.15) is 0 Å². The Morgan fingerprint density at radius 3 is 1.31 bits per heavy atom. The summed E-state index contributed by atoms with van der Waals surface area (Å²) >= 11 is 0. The number of aryl methyl sites for hydroxylation is 4. The average molecular weight is 642 g/mol. The van der Waals surface area contributed by atoms with Gasteiger partial charge in [-0.05, 0) is 27.7 Å². The number of hydrogen-bond donors (Lipinski definition) is 0. The number of hydrogen-bond acceptors (Lipinski definition) is 0. The van der Waals surface area contributed by atoms with Crippen molar-refractivity contribution in [1.29, 1.82) is 0 Å². The molecule has 0 unspecified atom stereocenters. The first-order valence-electron chi connectivity index (χ1n) is 11.5. The van der Waals surface area contributed by atoms with Gasteiger partial charge in [-0.1, -0.05) is 104 Å². The summed E-state index contributed by atoms with van der Waals surface area (Å²) in [5.41, 5.74) is 9.36. The topological polar surface area (TPSA) is 20.1 Å². The minimum atomic E-state index is 0. The monoisotopic (exact) mass is 641 g/mol. The van der Waals surface area contributed by atoms with Crippen LogP contribution in [0.4, 0.5) is 22.7 Å². The number of rotatable bonds is 4. The molecule has 0 saturated heterocycles. The molecule has 0 saturated carbocycles. The van der Waals surface area contributed by atoms with E-state index in [9.17, 15) is 0 Å². The quantitative estimate of drug-likeness (QED) is 0.157. The van der Waals surface area contributed by atoms with Crippen LogP contribution in [0.15, 0.2) is 109 Å². The van der Waals surface area contributed by atoms with Crippen LogP contribution in [0.1, 0.15) is 22.3 Å². The third-order valence-electron chi connectivity index (χ3n) is 5.59. The number of nitrogens with zero attached hydrogens (tertiary/aromatic N) is 3. The predicted molar refractivity (Wildman–Crippen MR) is 141 cm³/mol. The van der Waals surface area contributed by atoms with Gasteiger partial charge in [-0.3, -0.25) is 0 Å². The maximum atomic E-state index is 4.72. The van der Waals surface area contributed by atoms with Gasteiger partial charge in [0.25, 0.3) is 12.4 Å². The summed E-state index contributed by atoms with van der Waals surface area (Å²) in [6.45, 7) is 8.42. The van der Waals surface area contributed by atoms with Gasteiger partial charge in [-0.2, -0.15) is 0 Å². The van der Waals surface area contributed by atoms with Crippen LogP contribution in [0.2, 0.25) is 0 Å². The Morgan fingerprint density at radius 1 is 0.543 bits per heavy atom. The molecular formula is C31H30AuN3+2. The molecule has 0 fully saturated rings. The van der Waals surface area contributed by atoms with Crippen LogP contribution in [-0.4, -0.2) is 15.2 Å². The molecule has 0 spiro atoms. The van der Waals surface area contributed by atoms with Crippen LogP contribution in [0.25, 0.3) is 5.32 Å². The Kier molecular flexibility index (Phi) is 9.19. The Labute approximate surface area is 224 Å². The van der Waals surface area contributed by atoms with E-state index in [1.54, 1.807) is 0 Å². The van der Waals surface area contributed by atoms with Crippen molar-refractivity contribution in [2.24, 2.45) is 0 Å². The van der Waals surface area contributed by atoms with E-state index in [0.717, 1.165) is 22.7 Å². The van der Waals surface area contributed by atoms with E-state index >= 15 is 0 Å². The molecular weight excluding hydrogens is 611 g/mol. The second kappa shape index (κ2) is 12.3. The van der Waals surface area contributed by atoms with Crippen molar-refractivity contribution in [3.63, 3.8) is 0 Å². The zero-order valence-electron chi connectivity index (χ0n) is 20.5. The van der Waals surface area contributed by atoms with Crippen LogP contribution in [0.3, 0.4) is 0 Å². The molecule has 0 amide bonds. The summed E-state index contributed by atoms with van der Waals surface area (Å²) in [7, 11) is 0. The standard InChI is InChI=1S/C16H18N.C15H12N2.Au/c1-11-5-7-15(13(3)9-11)17-16-8-6-12(2)10-14(16)4;1-3-7-14(8-4-1)16-11-12-17(13-16)15-9-5-2-6-10-15;/h5-10H,1-4H3;1-12H;/q-1;+2;+1. The zero-order chi connectivity index (χ0) is 23.9. The van der Waals surface area contributed by atoms with E-state index in [-0.39, 0.29) is 22.4 Å². The molecule has 178 valence electrons. The third-order valence-corrected chi connectivity index (χ3v) is 5.59. The summed E-state index contributed by atoms with van der Waals surface area (Å²) in [6.07, 6.45) is 4.00. The molecule has 0 aromatic heterocycles. The summed E-state index contributed by atoms with van der Waals surface area (Å²) in [6, 6.07) is 36.4. The van der Waals surface area contributed by atoms with Crippen LogP contribution in [-0.2, 0) is 22.4 Å². The Bertz CT molecular complexity index is 1280. The van der Waals surface area contributed by atoms with Crippen molar-refractivity contribution >= 4 is 28.8 Å². The molecule has 1 aliphatic rings. The van der Waals surface area contributed by atoms with E-state index in [1.165, 1.54) is 22.3 Å². The largest absolute Gasteiger partial charge is 1.00 e. The fourth-order valence-electron chi connectivity index (χ4n) is 3.77. The maximum absolute atomic E-state index is 4.72. The molecule has 5 rings (SSSR count). The molecule has 4 aromatic carbocycles. The van der Waals surface area contributed by atoms with E-state index in [2.05, 4.69) is 94.4 Å². The van der Waals surface area contributed by atoms with Crippen LogP contribution in [0.5, 0.6) is 0 Å². The SMILES string of the molecule is C1=[N+](c2ccccc2)C=C[N+]=1c1ccccc1.Cc1ccc([N-]c2ccc(C)cc2C)c(C)c1.[Au+]. The van der Waals surface area contributed by atoms with Crippen molar-refractivity contribution in [2.45, 2.75) is 27.7 Å². The molecule has 0 radical (unpaired) electrons. The number of benzene rings is 4. The van der Waals surface area contributed by atoms with E-state index in [0.29, 0.717) is 0 Å². The molecule has 3 nitrogen and oxygen atoms in total. The molecule has 4 aromatic rings. The molecule has 0 N–H and O–H groups in total. The van der Waals surface area contributed by atoms with Crippen LogP contribution < -0.4 is 0 Å². The van der Waals surface area contributed by atoms with E-state index in [4.69, 9.17) is 5.32 Å². The van der Waals surface area contributed by atoms with Crippen molar-refractivity contribution in [3.05, 3.63) is 137 Å². The van der Waals surface area contributed by atoms with Gasteiger partial charge in [0.2, 0.25) is 11.4 Å². The molecule has 4 heteroatoms. The van der Waals surface area contributed by atoms with Gasteiger partial charge < -0.3 is 5.32 Å². The summed E-state index contributed by atoms with van der Waals surface area (Å²) in [5, 5.41) is 4.72. The normalized spacial score (nSPS) is 11.5. The van der Waals surface area contributed by atoms with Gasteiger partial charge in [0.05, 0.1) is 0 Å². The summed E-state index contributed by atoms with van der Waals surface area (Å²) < 4.78 is 3.96. The van der Waals surface area contributed by atoms with Gasteiger partial charge in [0.15, 0.2) is 0 Å². The number of para-hydroxylation sites is 2. The van der Waals surface area contributed by atoms with Crippen LogP contribution >= 0.6 is 0 Å². The minimum absolute atomic E-state index is 0. The Hall–Kier alpha value is -3.46. The zero-order valence-corrected chi connectivity index (χ0v) is 22.7. The molecule has 0 atom stereocenters. The predicted octanol–water partition coefficient (Wildman–Crippen LogP) is 8.59. The van der Waals surface area contributed by atoms with Crippen LogP contribution in [0, 0.1) is 27.7 Å². The second-order valence-corrected chi connectivity index (χ2v) is 8.50. The Balaban J connectivity index is 0.000000190. The molecule has 0 bridgehead atoms. The van der Waals surface area contributed by atoms with Crippen molar-refractivity contribution in [1.82, 2.24) is 0 Å². The maximum Gasteiger partial charge on any atom is 1.00 e. The van der Waals surface area contributed by atoms with Crippen molar-refractivity contribution in [2.75, 3.05) is 0 Å². The average Bonchev–Trinajstić information content (AvgIpc) is 3.34. The van der Waals surface area contributed by atoms with Crippen molar-refractivity contribution < 1.29 is 31.5 Å². The fourth-order valence-corrected chi connectivity index (χ4v) is 3.77. The van der Waals surface area contributed by atoms with E-state index < -0.39 is 0 Å². The second-order valence-electron chi connectivity index (χ2n) is 8.50. The van der Waals surface area contributed by atoms with Gasteiger partial charge in [-0.25, -0.2) is 0 Å². The molecule has 1 aliphatic heterocycles. The van der Waals surface area contributed by atoms with E-state index in [1.807, 2.05) is 57.9 Å². The smallest absolute Gasteiger partial charge is 0.657 e. The molecule has 1 heterocycles. The third kappa shape index (κ3) is 7.02. The van der Waals surface area contributed by atoms with Gasteiger partial charge >= 0.3 is 28.4 Å². The first-order chi connectivity index (χ1) is 16.5.